The van der Waals surface area contributed by atoms with Crippen LogP contribution in [0.3, 0.4) is 0 Å². The number of benzene rings is 1. The molecule has 0 saturated heterocycles. The van der Waals surface area contributed by atoms with Gasteiger partial charge in [-0.3, -0.25) is 0 Å². The number of ether oxygens (including phenoxy) is 3. The minimum atomic E-state index is -0.333. The first-order valence-electron chi connectivity index (χ1n) is 5.38. The van der Waals surface area contributed by atoms with Crippen molar-refractivity contribution in [2.75, 3.05) is 20.8 Å². The standard InChI is InChI=1S/C13H15IO4/c1-4-18-13(15)12(14)7-9-5-10(16-2)8-11(6-9)17-3/h5-8H,4H2,1-3H3. The molecule has 0 unspecified atom stereocenters. The largest absolute Gasteiger partial charge is 0.497 e. The third kappa shape index (κ3) is 4.21. The summed E-state index contributed by atoms with van der Waals surface area (Å²) >= 11 is 1.95. The van der Waals surface area contributed by atoms with Gasteiger partial charge in [0.05, 0.1) is 24.4 Å². The molecule has 0 aromatic heterocycles. The molecule has 0 fully saturated rings. The van der Waals surface area contributed by atoms with Gasteiger partial charge >= 0.3 is 5.97 Å². The Morgan fingerprint density at radius 3 is 2.22 bits per heavy atom. The lowest BCUT2D eigenvalue weighted by Crippen LogP contribution is -2.02. The van der Waals surface area contributed by atoms with Gasteiger partial charge in [-0.15, -0.1) is 0 Å². The summed E-state index contributed by atoms with van der Waals surface area (Å²) in [5.74, 6) is 1.02. The Morgan fingerprint density at radius 1 is 1.22 bits per heavy atom. The maximum absolute atomic E-state index is 11.5. The Bertz CT molecular complexity index is 432. The lowest BCUT2D eigenvalue weighted by Gasteiger charge is -2.06. The molecule has 1 aromatic carbocycles. The van der Waals surface area contributed by atoms with E-state index in [2.05, 4.69) is 0 Å². The second kappa shape index (κ2) is 7.25. The molecule has 0 aliphatic carbocycles. The van der Waals surface area contributed by atoms with E-state index >= 15 is 0 Å². The summed E-state index contributed by atoms with van der Waals surface area (Å²) in [6.45, 7) is 2.14. The van der Waals surface area contributed by atoms with Gasteiger partial charge in [-0.05, 0) is 53.3 Å². The van der Waals surface area contributed by atoms with Crippen LogP contribution in [0.4, 0.5) is 0 Å². The molecule has 0 saturated carbocycles. The third-order valence-corrected chi connectivity index (χ3v) is 2.89. The summed E-state index contributed by atoms with van der Waals surface area (Å²) in [4.78, 5) is 11.5. The van der Waals surface area contributed by atoms with Gasteiger partial charge in [0.25, 0.3) is 0 Å². The SMILES string of the molecule is CCOC(=O)C(I)=Cc1cc(OC)cc(OC)c1. The van der Waals surface area contributed by atoms with Crippen LogP contribution in [-0.2, 0) is 9.53 Å². The van der Waals surface area contributed by atoms with E-state index in [9.17, 15) is 4.79 Å². The van der Waals surface area contributed by atoms with Crippen LogP contribution in [0.15, 0.2) is 21.8 Å². The van der Waals surface area contributed by atoms with Crippen molar-refractivity contribution in [3.05, 3.63) is 27.3 Å². The minimum absolute atomic E-state index is 0.333. The molecule has 0 atom stereocenters. The van der Waals surface area contributed by atoms with Crippen LogP contribution in [0.2, 0.25) is 0 Å². The van der Waals surface area contributed by atoms with E-state index in [0.29, 0.717) is 21.7 Å². The highest BCUT2D eigenvalue weighted by Crippen LogP contribution is 2.25. The Kier molecular flexibility index (Phi) is 5.97. The van der Waals surface area contributed by atoms with Crippen molar-refractivity contribution in [1.82, 2.24) is 0 Å². The van der Waals surface area contributed by atoms with Crippen molar-refractivity contribution in [1.29, 1.82) is 0 Å². The minimum Gasteiger partial charge on any atom is -0.497 e. The van der Waals surface area contributed by atoms with Crippen molar-refractivity contribution in [2.45, 2.75) is 6.92 Å². The van der Waals surface area contributed by atoms with Crippen LogP contribution in [0.1, 0.15) is 12.5 Å². The molecule has 0 N–H and O–H groups in total. The molecule has 0 heterocycles. The lowest BCUT2D eigenvalue weighted by atomic mass is 10.2. The first-order chi connectivity index (χ1) is 8.60. The van der Waals surface area contributed by atoms with Crippen LogP contribution >= 0.6 is 22.6 Å². The van der Waals surface area contributed by atoms with Gasteiger partial charge in [-0.2, -0.15) is 0 Å². The maximum atomic E-state index is 11.5. The summed E-state index contributed by atoms with van der Waals surface area (Å²) in [6.07, 6.45) is 1.73. The average molecular weight is 362 g/mol. The summed E-state index contributed by atoms with van der Waals surface area (Å²) < 4.78 is 15.7. The molecule has 0 amide bonds. The molecular weight excluding hydrogens is 347 g/mol. The fraction of sp³-hybridized carbons (Fsp3) is 0.308. The Labute approximate surface area is 120 Å². The highest BCUT2D eigenvalue weighted by atomic mass is 127. The summed E-state index contributed by atoms with van der Waals surface area (Å²) in [6, 6.07) is 5.41. The van der Waals surface area contributed by atoms with E-state index in [0.717, 1.165) is 5.56 Å². The first-order valence-corrected chi connectivity index (χ1v) is 6.46. The quantitative estimate of drug-likeness (QED) is 0.459. The summed E-state index contributed by atoms with van der Waals surface area (Å²) in [5, 5.41) is 0. The fourth-order valence-corrected chi connectivity index (χ4v) is 1.83. The van der Waals surface area contributed by atoms with E-state index in [-0.39, 0.29) is 5.97 Å². The lowest BCUT2D eigenvalue weighted by molar-refractivity contribution is -0.137. The van der Waals surface area contributed by atoms with Crippen LogP contribution in [-0.4, -0.2) is 26.8 Å². The zero-order valence-corrected chi connectivity index (χ0v) is 12.7. The number of carbonyl (C=O) groups excluding carboxylic acids is 1. The van der Waals surface area contributed by atoms with Crippen molar-refractivity contribution in [3.8, 4) is 11.5 Å². The number of halogens is 1. The van der Waals surface area contributed by atoms with Gasteiger partial charge in [0, 0.05) is 6.07 Å². The number of methoxy groups -OCH3 is 2. The molecule has 1 rings (SSSR count). The number of hydrogen-bond donors (Lipinski definition) is 0. The Morgan fingerprint density at radius 2 is 1.78 bits per heavy atom. The zero-order chi connectivity index (χ0) is 13.5. The molecule has 98 valence electrons. The second-order valence-corrected chi connectivity index (χ2v) is 4.52. The van der Waals surface area contributed by atoms with Gasteiger partial charge in [0.2, 0.25) is 0 Å². The van der Waals surface area contributed by atoms with Crippen LogP contribution in [0, 0.1) is 0 Å². The van der Waals surface area contributed by atoms with E-state index in [4.69, 9.17) is 14.2 Å². The molecule has 0 bridgehead atoms. The summed E-state index contributed by atoms with van der Waals surface area (Å²) in [5.41, 5.74) is 0.823. The maximum Gasteiger partial charge on any atom is 0.344 e. The van der Waals surface area contributed by atoms with Crippen LogP contribution in [0.25, 0.3) is 6.08 Å². The predicted octanol–water partition coefficient (Wildman–Crippen LogP) is 3.04. The Hall–Kier alpha value is -1.24. The van der Waals surface area contributed by atoms with E-state index < -0.39 is 0 Å². The van der Waals surface area contributed by atoms with E-state index in [1.165, 1.54) is 0 Å². The first kappa shape index (κ1) is 14.8. The number of esters is 1. The van der Waals surface area contributed by atoms with Gasteiger partial charge in [-0.1, -0.05) is 0 Å². The predicted molar refractivity (Wildman–Crippen MR) is 78.2 cm³/mol. The summed E-state index contributed by atoms with van der Waals surface area (Å²) in [7, 11) is 3.16. The number of carbonyl (C=O) groups is 1. The van der Waals surface area contributed by atoms with Crippen molar-refractivity contribution >= 4 is 34.6 Å². The topological polar surface area (TPSA) is 44.8 Å². The Balaban J connectivity index is 3.02. The molecule has 5 heteroatoms. The molecule has 0 aliphatic heterocycles. The van der Waals surface area contributed by atoms with E-state index in [1.54, 1.807) is 33.3 Å². The zero-order valence-electron chi connectivity index (χ0n) is 10.5. The smallest absolute Gasteiger partial charge is 0.344 e. The van der Waals surface area contributed by atoms with Gasteiger partial charge < -0.3 is 14.2 Å². The molecule has 0 aliphatic rings. The van der Waals surface area contributed by atoms with Crippen LogP contribution in [0.5, 0.6) is 11.5 Å². The van der Waals surface area contributed by atoms with Gasteiger partial charge in [-0.25, -0.2) is 4.79 Å². The van der Waals surface area contributed by atoms with Gasteiger partial charge in [0.15, 0.2) is 0 Å². The molecule has 0 spiro atoms. The van der Waals surface area contributed by atoms with Crippen molar-refractivity contribution < 1.29 is 19.0 Å². The average Bonchev–Trinajstić information content (AvgIpc) is 2.38. The number of rotatable bonds is 5. The van der Waals surface area contributed by atoms with Crippen LogP contribution < -0.4 is 9.47 Å². The molecular formula is C13H15IO4. The highest BCUT2D eigenvalue weighted by molar-refractivity contribution is 14.1. The van der Waals surface area contributed by atoms with Crippen molar-refractivity contribution in [2.24, 2.45) is 0 Å². The third-order valence-electron chi connectivity index (χ3n) is 2.14. The monoisotopic (exact) mass is 362 g/mol. The second-order valence-electron chi connectivity index (χ2n) is 3.36. The molecule has 18 heavy (non-hydrogen) atoms. The number of hydrogen-bond acceptors (Lipinski definition) is 4. The molecule has 0 radical (unpaired) electrons. The molecule has 1 aromatic rings. The van der Waals surface area contributed by atoms with Crippen molar-refractivity contribution in [3.63, 3.8) is 0 Å². The fourth-order valence-electron chi connectivity index (χ4n) is 1.32. The highest BCUT2D eigenvalue weighted by Gasteiger charge is 2.07. The molecule has 4 nitrogen and oxygen atoms in total. The van der Waals surface area contributed by atoms with E-state index in [1.807, 2.05) is 34.7 Å². The van der Waals surface area contributed by atoms with Gasteiger partial charge in [0.1, 0.15) is 11.5 Å². The normalized spacial score (nSPS) is 11.0.